The molecule has 1 aliphatic heterocycles. The van der Waals surface area contributed by atoms with Crippen molar-refractivity contribution >= 4 is 15.9 Å². The van der Waals surface area contributed by atoms with Crippen LogP contribution in [0.2, 0.25) is 0 Å². The number of hydrogen-bond acceptors (Lipinski definition) is 2. The molecule has 0 unspecified atom stereocenters. The number of nitrogens with one attached hydrogen (secondary N) is 1. The van der Waals surface area contributed by atoms with E-state index in [1.54, 1.807) is 0 Å². The van der Waals surface area contributed by atoms with E-state index >= 15 is 0 Å². The van der Waals surface area contributed by atoms with Crippen LogP contribution in [0, 0.1) is 0 Å². The topological polar surface area (TPSA) is 38.0 Å². The van der Waals surface area contributed by atoms with E-state index in [2.05, 4.69) is 27.3 Å². The van der Waals surface area contributed by atoms with Crippen LogP contribution < -0.4 is 11.1 Å². The van der Waals surface area contributed by atoms with E-state index in [-0.39, 0.29) is 0 Å². The predicted molar refractivity (Wildman–Crippen MR) is 51.0 cm³/mol. The molecule has 0 saturated carbocycles. The van der Waals surface area contributed by atoms with Crippen molar-refractivity contribution < 1.29 is 0 Å². The molecule has 2 nitrogen and oxygen atoms in total. The van der Waals surface area contributed by atoms with Gasteiger partial charge in [-0.2, -0.15) is 0 Å². The van der Waals surface area contributed by atoms with Gasteiger partial charge < -0.3 is 11.1 Å². The van der Waals surface area contributed by atoms with Crippen molar-refractivity contribution in [3.63, 3.8) is 0 Å². The van der Waals surface area contributed by atoms with Crippen molar-refractivity contribution in [2.75, 3.05) is 6.54 Å². The van der Waals surface area contributed by atoms with E-state index in [1.807, 2.05) is 18.4 Å². The quantitative estimate of drug-likeness (QED) is 0.734. The summed E-state index contributed by atoms with van der Waals surface area (Å²) in [4.78, 5) is 0. The van der Waals surface area contributed by atoms with Crippen LogP contribution in [-0.4, -0.2) is 6.54 Å². The Hall–Kier alpha value is -0.540. The average molecular weight is 215 g/mol. The fraction of sp³-hybridized carbons (Fsp3) is 0.250. The molecule has 1 rings (SSSR count). The second kappa shape index (κ2) is 4.36. The first-order valence-corrected chi connectivity index (χ1v) is 4.33. The van der Waals surface area contributed by atoms with Crippen LogP contribution in [0.1, 0.15) is 6.42 Å². The van der Waals surface area contributed by atoms with Gasteiger partial charge in [-0.1, -0.05) is 6.08 Å². The molecule has 0 radical (unpaired) electrons. The van der Waals surface area contributed by atoms with Crippen LogP contribution in [0.25, 0.3) is 0 Å². The lowest BCUT2D eigenvalue weighted by Crippen LogP contribution is -2.07. The molecular formula is C8H11BrN2. The Bertz CT molecular complexity index is 216. The molecule has 0 aliphatic carbocycles. The van der Waals surface area contributed by atoms with E-state index in [4.69, 9.17) is 5.73 Å². The molecule has 1 aliphatic rings. The van der Waals surface area contributed by atoms with E-state index in [9.17, 15) is 0 Å². The molecule has 0 saturated heterocycles. The van der Waals surface area contributed by atoms with E-state index in [0.717, 1.165) is 16.6 Å². The number of halogens is 1. The maximum Gasteiger partial charge on any atom is 0.0340 e. The van der Waals surface area contributed by atoms with Gasteiger partial charge in [-0.05, 0) is 41.0 Å². The van der Waals surface area contributed by atoms with Crippen molar-refractivity contribution in [3.8, 4) is 0 Å². The zero-order chi connectivity index (χ0) is 8.10. The van der Waals surface area contributed by atoms with Gasteiger partial charge in [-0.15, -0.1) is 0 Å². The summed E-state index contributed by atoms with van der Waals surface area (Å²) in [7, 11) is 0. The lowest BCUT2D eigenvalue weighted by atomic mass is 10.2. The first-order valence-electron chi connectivity index (χ1n) is 3.53. The summed E-state index contributed by atoms with van der Waals surface area (Å²) < 4.78 is 1.06. The van der Waals surface area contributed by atoms with Crippen LogP contribution in [0.5, 0.6) is 0 Å². The minimum Gasteiger partial charge on any atom is -0.361 e. The normalized spacial score (nSPS) is 19.8. The van der Waals surface area contributed by atoms with Gasteiger partial charge in [-0.25, -0.2) is 0 Å². The van der Waals surface area contributed by atoms with Crippen LogP contribution in [0.3, 0.4) is 0 Å². The molecular weight excluding hydrogens is 204 g/mol. The van der Waals surface area contributed by atoms with E-state index < -0.39 is 0 Å². The summed E-state index contributed by atoms with van der Waals surface area (Å²) in [6.07, 6.45) is 8.91. The fourth-order valence-electron chi connectivity index (χ4n) is 0.784. The fourth-order valence-corrected chi connectivity index (χ4v) is 1.03. The maximum atomic E-state index is 5.35. The Morgan fingerprint density at radius 2 is 2.36 bits per heavy atom. The molecule has 0 fully saturated rings. The molecule has 0 aromatic rings. The second-order valence-corrected chi connectivity index (χ2v) is 3.16. The van der Waals surface area contributed by atoms with Gasteiger partial charge in [0.2, 0.25) is 0 Å². The molecule has 0 aromatic heterocycles. The Kier molecular flexibility index (Phi) is 3.39. The number of nitrogens with two attached hydrogens (primary N) is 1. The summed E-state index contributed by atoms with van der Waals surface area (Å²) in [5.41, 5.74) is 6.46. The van der Waals surface area contributed by atoms with Crippen molar-refractivity contribution in [2.24, 2.45) is 5.73 Å². The van der Waals surface area contributed by atoms with Crippen molar-refractivity contribution in [1.29, 1.82) is 0 Å². The monoisotopic (exact) mass is 214 g/mol. The predicted octanol–water partition coefficient (Wildman–Crippen LogP) is 1.61. The summed E-state index contributed by atoms with van der Waals surface area (Å²) >= 11 is 3.34. The largest absolute Gasteiger partial charge is 0.361 e. The molecule has 0 atom stereocenters. The smallest absolute Gasteiger partial charge is 0.0340 e. The molecule has 0 bridgehead atoms. The van der Waals surface area contributed by atoms with Gasteiger partial charge in [-0.3, -0.25) is 0 Å². The SMILES string of the molecule is NCC/C=C1\C=CC(Br)=CN1. The third-order valence-electron chi connectivity index (χ3n) is 1.33. The van der Waals surface area contributed by atoms with Crippen LogP contribution in [0.4, 0.5) is 0 Å². The molecule has 60 valence electrons. The highest BCUT2D eigenvalue weighted by Crippen LogP contribution is 2.11. The lowest BCUT2D eigenvalue weighted by Gasteiger charge is -2.06. The maximum absolute atomic E-state index is 5.35. The third kappa shape index (κ3) is 2.91. The number of rotatable bonds is 2. The van der Waals surface area contributed by atoms with Crippen molar-refractivity contribution in [3.05, 3.63) is 34.6 Å². The van der Waals surface area contributed by atoms with E-state index in [1.165, 1.54) is 0 Å². The average Bonchev–Trinajstić information content (AvgIpc) is 2.04. The first-order chi connectivity index (χ1) is 5.33. The lowest BCUT2D eigenvalue weighted by molar-refractivity contribution is 0.974. The molecule has 0 spiro atoms. The van der Waals surface area contributed by atoms with Gasteiger partial charge in [0.05, 0.1) is 0 Å². The Labute approximate surface area is 75.0 Å². The molecule has 3 N–H and O–H groups in total. The summed E-state index contributed by atoms with van der Waals surface area (Å²) in [6, 6.07) is 0. The van der Waals surface area contributed by atoms with Crippen LogP contribution >= 0.6 is 15.9 Å². The molecule has 11 heavy (non-hydrogen) atoms. The standard InChI is InChI=1S/C8H11BrN2/c9-7-3-4-8(11-6-7)2-1-5-10/h2-4,6,11H,1,5,10H2/b8-2+. The van der Waals surface area contributed by atoms with Gasteiger partial charge in [0.25, 0.3) is 0 Å². The number of allylic oxidation sites excluding steroid dienone is 3. The zero-order valence-corrected chi connectivity index (χ0v) is 7.76. The van der Waals surface area contributed by atoms with Crippen molar-refractivity contribution in [1.82, 2.24) is 5.32 Å². The number of hydrogen-bond donors (Lipinski definition) is 2. The molecule has 1 heterocycles. The Balaban J connectivity index is 2.48. The third-order valence-corrected chi connectivity index (χ3v) is 1.82. The summed E-state index contributed by atoms with van der Waals surface area (Å²) in [5.74, 6) is 0. The van der Waals surface area contributed by atoms with Crippen molar-refractivity contribution in [2.45, 2.75) is 6.42 Å². The highest BCUT2D eigenvalue weighted by molar-refractivity contribution is 9.11. The van der Waals surface area contributed by atoms with Gasteiger partial charge in [0.15, 0.2) is 0 Å². The Morgan fingerprint density at radius 1 is 1.55 bits per heavy atom. The summed E-state index contributed by atoms with van der Waals surface area (Å²) in [6.45, 7) is 0.698. The molecule has 0 amide bonds. The van der Waals surface area contributed by atoms with Gasteiger partial charge in [0, 0.05) is 16.4 Å². The highest BCUT2D eigenvalue weighted by Gasteiger charge is 1.94. The Morgan fingerprint density at radius 3 is 2.91 bits per heavy atom. The van der Waals surface area contributed by atoms with Gasteiger partial charge >= 0.3 is 0 Å². The first kappa shape index (κ1) is 8.56. The summed E-state index contributed by atoms with van der Waals surface area (Å²) in [5, 5.41) is 3.11. The van der Waals surface area contributed by atoms with Crippen LogP contribution in [-0.2, 0) is 0 Å². The minimum absolute atomic E-state index is 0.698. The minimum atomic E-state index is 0.698. The second-order valence-electron chi connectivity index (χ2n) is 2.24. The van der Waals surface area contributed by atoms with Gasteiger partial charge in [0.1, 0.15) is 0 Å². The van der Waals surface area contributed by atoms with Crippen LogP contribution in [0.15, 0.2) is 34.6 Å². The number of dihydropyridines is 1. The molecule has 0 aromatic carbocycles. The zero-order valence-electron chi connectivity index (χ0n) is 6.18. The molecule has 3 heteroatoms. The van der Waals surface area contributed by atoms with E-state index in [0.29, 0.717) is 6.54 Å². The highest BCUT2D eigenvalue weighted by atomic mass is 79.9.